The molecule has 4 nitrogen and oxygen atoms in total. The number of carbonyl (C=O) groups excluding carboxylic acids is 1. The lowest BCUT2D eigenvalue weighted by atomic mass is 10.3. The highest BCUT2D eigenvalue weighted by Gasteiger charge is 2.02. The van der Waals surface area contributed by atoms with Crippen LogP contribution in [0.25, 0.3) is 0 Å². The summed E-state index contributed by atoms with van der Waals surface area (Å²) in [5.41, 5.74) is 0. The maximum atomic E-state index is 11.5. The van der Waals surface area contributed by atoms with E-state index < -0.39 is 0 Å². The molecule has 2 N–H and O–H groups in total. The number of hydrogen-bond acceptors (Lipinski definition) is 4. The van der Waals surface area contributed by atoms with E-state index in [0.717, 1.165) is 30.2 Å². The summed E-state index contributed by atoms with van der Waals surface area (Å²) in [6.45, 7) is 1.65. The highest BCUT2D eigenvalue weighted by atomic mass is 32.2. The number of amides is 1. The van der Waals surface area contributed by atoms with Crippen LogP contribution in [0.3, 0.4) is 0 Å². The number of thioether (sulfide) groups is 1. The smallest absolute Gasteiger partial charge is 0.230 e. The Morgan fingerprint density at radius 2 is 2.00 bits per heavy atom. The van der Waals surface area contributed by atoms with Gasteiger partial charge in [0.05, 0.1) is 12.9 Å². The minimum absolute atomic E-state index is 0.0759. The Hall–Kier alpha value is -1.20. The van der Waals surface area contributed by atoms with E-state index in [1.54, 1.807) is 7.11 Å². The van der Waals surface area contributed by atoms with Crippen molar-refractivity contribution in [2.24, 2.45) is 0 Å². The topological polar surface area (TPSA) is 50.4 Å². The van der Waals surface area contributed by atoms with Gasteiger partial charge in [0.1, 0.15) is 5.75 Å². The Labute approximate surface area is 112 Å². The Balaban J connectivity index is 2.20. The zero-order valence-electron chi connectivity index (χ0n) is 10.9. The van der Waals surface area contributed by atoms with Crippen LogP contribution in [0, 0.1) is 0 Å². The van der Waals surface area contributed by atoms with Gasteiger partial charge in [-0.1, -0.05) is 0 Å². The first-order valence-corrected chi connectivity index (χ1v) is 6.93. The predicted octanol–water partition coefficient (Wildman–Crippen LogP) is 1.51. The van der Waals surface area contributed by atoms with Crippen molar-refractivity contribution in [3.63, 3.8) is 0 Å². The Morgan fingerprint density at radius 1 is 1.28 bits per heavy atom. The molecule has 0 aromatic heterocycles. The molecule has 1 aromatic carbocycles. The maximum Gasteiger partial charge on any atom is 0.230 e. The number of carbonyl (C=O) groups is 1. The van der Waals surface area contributed by atoms with Crippen molar-refractivity contribution >= 4 is 17.7 Å². The third kappa shape index (κ3) is 5.93. The quantitative estimate of drug-likeness (QED) is 0.554. The van der Waals surface area contributed by atoms with Gasteiger partial charge in [0, 0.05) is 11.4 Å². The van der Waals surface area contributed by atoms with Crippen molar-refractivity contribution in [2.45, 2.75) is 11.3 Å². The minimum atomic E-state index is 0.0759. The summed E-state index contributed by atoms with van der Waals surface area (Å²) in [5, 5.41) is 5.93. The van der Waals surface area contributed by atoms with Crippen LogP contribution in [0.5, 0.6) is 5.75 Å². The van der Waals surface area contributed by atoms with Crippen LogP contribution in [0.15, 0.2) is 29.2 Å². The van der Waals surface area contributed by atoms with Gasteiger partial charge < -0.3 is 15.4 Å². The highest BCUT2D eigenvalue weighted by molar-refractivity contribution is 8.00. The normalized spacial score (nSPS) is 10.1. The molecule has 0 saturated heterocycles. The van der Waals surface area contributed by atoms with Gasteiger partial charge in [0.2, 0.25) is 5.91 Å². The summed E-state index contributed by atoms with van der Waals surface area (Å²) in [4.78, 5) is 12.6. The summed E-state index contributed by atoms with van der Waals surface area (Å²) < 4.78 is 5.08. The number of hydrogen-bond donors (Lipinski definition) is 2. The summed E-state index contributed by atoms with van der Waals surface area (Å²) in [5.74, 6) is 1.36. The SMILES string of the molecule is CNCCCNC(=O)CSc1ccc(OC)cc1. The average Bonchev–Trinajstić information content (AvgIpc) is 2.42. The van der Waals surface area contributed by atoms with Crippen LogP contribution < -0.4 is 15.4 Å². The van der Waals surface area contributed by atoms with Gasteiger partial charge in [0.25, 0.3) is 0 Å². The van der Waals surface area contributed by atoms with Crippen molar-refractivity contribution in [1.29, 1.82) is 0 Å². The first-order valence-electron chi connectivity index (χ1n) is 5.94. The highest BCUT2D eigenvalue weighted by Crippen LogP contribution is 2.20. The van der Waals surface area contributed by atoms with Crippen LogP contribution in [-0.2, 0) is 4.79 Å². The summed E-state index contributed by atoms with van der Waals surface area (Å²) in [7, 11) is 3.54. The second-order valence-corrected chi connectivity index (χ2v) is 4.82. The van der Waals surface area contributed by atoms with E-state index >= 15 is 0 Å². The third-order valence-corrected chi connectivity index (χ3v) is 3.37. The molecular formula is C13H20N2O2S. The lowest BCUT2D eigenvalue weighted by Gasteiger charge is -2.05. The largest absolute Gasteiger partial charge is 0.497 e. The molecule has 0 unspecified atom stereocenters. The standard InChI is InChI=1S/C13H20N2O2S/c1-14-8-3-9-15-13(16)10-18-12-6-4-11(17-2)5-7-12/h4-7,14H,3,8-10H2,1-2H3,(H,15,16). The van der Waals surface area contributed by atoms with E-state index in [1.807, 2.05) is 31.3 Å². The Bertz CT molecular complexity index is 355. The average molecular weight is 268 g/mol. The maximum absolute atomic E-state index is 11.5. The Morgan fingerprint density at radius 3 is 2.61 bits per heavy atom. The second kappa shape index (κ2) is 8.83. The molecule has 1 amide bonds. The molecule has 0 aliphatic carbocycles. The fourth-order valence-corrected chi connectivity index (χ4v) is 2.09. The van der Waals surface area contributed by atoms with Crippen molar-refractivity contribution in [3.05, 3.63) is 24.3 Å². The first kappa shape index (κ1) is 14.9. The lowest BCUT2D eigenvalue weighted by molar-refractivity contribution is -0.118. The van der Waals surface area contributed by atoms with Gasteiger partial charge in [-0.2, -0.15) is 0 Å². The van der Waals surface area contributed by atoms with E-state index in [9.17, 15) is 4.79 Å². The van der Waals surface area contributed by atoms with E-state index in [1.165, 1.54) is 11.8 Å². The first-order chi connectivity index (χ1) is 8.76. The second-order valence-electron chi connectivity index (χ2n) is 3.77. The molecule has 0 heterocycles. The molecule has 0 spiro atoms. The molecule has 0 aliphatic heterocycles. The van der Waals surface area contributed by atoms with Crippen LogP contribution in [0.2, 0.25) is 0 Å². The van der Waals surface area contributed by atoms with Gasteiger partial charge in [-0.25, -0.2) is 0 Å². The van der Waals surface area contributed by atoms with E-state index in [0.29, 0.717) is 5.75 Å². The van der Waals surface area contributed by atoms with E-state index in [4.69, 9.17) is 4.74 Å². The van der Waals surface area contributed by atoms with Gasteiger partial charge in [0.15, 0.2) is 0 Å². The molecule has 1 aromatic rings. The minimum Gasteiger partial charge on any atom is -0.497 e. The van der Waals surface area contributed by atoms with Gasteiger partial charge in [-0.3, -0.25) is 4.79 Å². The lowest BCUT2D eigenvalue weighted by Crippen LogP contribution is -2.27. The zero-order chi connectivity index (χ0) is 13.2. The fraction of sp³-hybridized carbons (Fsp3) is 0.462. The van der Waals surface area contributed by atoms with Crippen molar-refractivity contribution < 1.29 is 9.53 Å². The molecule has 1 rings (SSSR count). The van der Waals surface area contributed by atoms with Crippen LogP contribution in [0.1, 0.15) is 6.42 Å². The molecule has 0 radical (unpaired) electrons. The third-order valence-electron chi connectivity index (χ3n) is 2.36. The van der Waals surface area contributed by atoms with Crippen molar-refractivity contribution in [1.82, 2.24) is 10.6 Å². The molecule has 0 aliphatic rings. The molecule has 18 heavy (non-hydrogen) atoms. The van der Waals surface area contributed by atoms with Gasteiger partial charge >= 0.3 is 0 Å². The van der Waals surface area contributed by atoms with Crippen LogP contribution in [0.4, 0.5) is 0 Å². The summed E-state index contributed by atoms with van der Waals surface area (Å²) in [6.07, 6.45) is 0.954. The molecule has 100 valence electrons. The zero-order valence-corrected chi connectivity index (χ0v) is 11.7. The Kier molecular flexibility index (Phi) is 7.29. The summed E-state index contributed by atoms with van der Waals surface area (Å²) in [6, 6.07) is 7.70. The fourth-order valence-electron chi connectivity index (χ4n) is 1.36. The molecule has 5 heteroatoms. The monoisotopic (exact) mass is 268 g/mol. The molecule has 0 atom stereocenters. The molecule has 0 bridgehead atoms. The number of rotatable bonds is 8. The number of nitrogens with one attached hydrogen (secondary N) is 2. The molecular weight excluding hydrogens is 248 g/mol. The van der Waals surface area contributed by atoms with E-state index in [2.05, 4.69) is 10.6 Å². The number of methoxy groups -OCH3 is 1. The molecule has 0 fully saturated rings. The summed E-state index contributed by atoms with van der Waals surface area (Å²) >= 11 is 1.53. The van der Waals surface area contributed by atoms with E-state index in [-0.39, 0.29) is 5.91 Å². The van der Waals surface area contributed by atoms with Crippen molar-refractivity contribution in [3.8, 4) is 5.75 Å². The van der Waals surface area contributed by atoms with Gasteiger partial charge in [-0.05, 0) is 44.3 Å². The van der Waals surface area contributed by atoms with Crippen molar-refractivity contribution in [2.75, 3.05) is 33.0 Å². The van der Waals surface area contributed by atoms with Gasteiger partial charge in [-0.15, -0.1) is 11.8 Å². The van der Waals surface area contributed by atoms with Crippen LogP contribution >= 0.6 is 11.8 Å². The predicted molar refractivity (Wildman–Crippen MR) is 75.3 cm³/mol. The number of ether oxygens (including phenoxy) is 1. The number of benzene rings is 1. The molecule has 0 saturated carbocycles. The van der Waals surface area contributed by atoms with Crippen LogP contribution in [-0.4, -0.2) is 38.9 Å².